The fourth-order valence-corrected chi connectivity index (χ4v) is 4.21. The van der Waals surface area contributed by atoms with Crippen LogP contribution in [0.15, 0.2) is 11.8 Å². The van der Waals surface area contributed by atoms with Crippen molar-refractivity contribution in [2.45, 2.75) is 49.5 Å². The summed E-state index contributed by atoms with van der Waals surface area (Å²) in [7, 11) is 1.19. The Morgan fingerprint density at radius 3 is 2.43 bits per heavy atom. The van der Waals surface area contributed by atoms with Crippen LogP contribution in [0.1, 0.15) is 6.42 Å². The van der Waals surface area contributed by atoms with Gasteiger partial charge in [-0.05, 0) is 12.3 Å². The van der Waals surface area contributed by atoms with Gasteiger partial charge in [0.1, 0.15) is 24.4 Å². The third-order valence-electron chi connectivity index (χ3n) is 5.69. The first-order valence-electron chi connectivity index (χ1n) is 9.02. The molecule has 10 atom stereocenters. The summed E-state index contributed by atoms with van der Waals surface area (Å²) in [5, 5.41) is 59.3. The van der Waals surface area contributed by atoms with Gasteiger partial charge in [-0.25, -0.2) is 4.79 Å². The molecule has 6 N–H and O–H groups in total. The predicted octanol–water partition coefficient (Wildman–Crippen LogP) is -3.18. The molecule has 3 aliphatic rings. The number of ether oxygens (including phenoxy) is 4. The Morgan fingerprint density at radius 1 is 1.11 bits per heavy atom. The van der Waals surface area contributed by atoms with Gasteiger partial charge < -0.3 is 49.6 Å². The Morgan fingerprint density at radius 2 is 1.82 bits per heavy atom. The van der Waals surface area contributed by atoms with Crippen LogP contribution in [0.2, 0.25) is 0 Å². The molecule has 1 aliphatic carbocycles. The van der Waals surface area contributed by atoms with E-state index in [1.807, 2.05) is 0 Å². The number of methoxy groups -OCH3 is 1. The topological polar surface area (TPSA) is 175 Å². The van der Waals surface area contributed by atoms with Crippen LogP contribution in [-0.2, 0) is 23.7 Å². The Kier molecular flexibility index (Phi) is 6.57. The maximum absolute atomic E-state index is 12.0. The number of fused-ring (bicyclic) bond motifs is 1. The Bertz CT molecular complexity index is 594. The molecule has 160 valence electrons. The molecule has 3 rings (SSSR count). The molecule has 2 fully saturated rings. The van der Waals surface area contributed by atoms with Gasteiger partial charge in [-0.1, -0.05) is 0 Å². The van der Waals surface area contributed by atoms with Crippen molar-refractivity contribution in [1.82, 2.24) is 0 Å². The van der Waals surface area contributed by atoms with Crippen molar-refractivity contribution in [3.63, 3.8) is 0 Å². The maximum Gasteiger partial charge on any atom is 0.337 e. The van der Waals surface area contributed by atoms with Gasteiger partial charge in [-0.15, -0.1) is 0 Å². The first kappa shape index (κ1) is 21.4. The van der Waals surface area contributed by atoms with E-state index in [1.54, 1.807) is 0 Å². The lowest BCUT2D eigenvalue weighted by Gasteiger charge is -2.43. The second-order valence-corrected chi connectivity index (χ2v) is 7.25. The second kappa shape index (κ2) is 8.59. The highest BCUT2D eigenvalue weighted by molar-refractivity contribution is 5.89. The molecule has 0 spiro atoms. The Labute approximate surface area is 160 Å². The van der Waals surface area contributed by atoms with Crippen LogP contribution < -0.4 is 0 Å². The molecule has 0 radical (unpaired) electrons. The average molecular weight is 406 g/mol. The molecule has 11 heteroatoms. The second-order valence-electron chi connectivity index (χ2n) is 7.25. The summed E-state index contributed by atoms with van der Waals surface area (Å²) in [4.78, 5) is 12.0. The highest BCUT2D eigenvalue weighted by Crippen LogP contribution is 2.47. The smallest absolute Gasteiger partial charge is 0.337 e. The Balaban J connectivity index is 1.83. The van der Waals surface area contributed by atoms with Crippen molar-refractivity contribution in [2.24, 2.45) is 17.8 Å². The van der Waals surface area contributed by atoms with Crippen LogP contribution in [-0.4, -0.2) is 100 Å². The standard InChI is InChI=1S/C17H26O11/c1-25-15(24)7-5-26-16(10-6(3-18)2-8(20)11(7)10)28-17-14(23)13(22)12(21)9(4-19)27-17/h5-6,8-14,16-23H,2-4H2,1H3. The van der Waals surface area contributed by atoms with Crippen molar-refractivity contribution in [2.75, 3.05) is 20.3 Å². The molecule has 10 unspecified atom stereocenters. The zero-order chi connectivity index (χ0) is 20.6. The molecule has 1 saturated carbocycles. The summed E-state index contributed by atoms with van der Waals surface area (Å²) in [6.07, 6.45) is -8.19. The fourth-order valence-electron chi connectivity index (χ4n) is 4.21. The minimum Gasteiger partial charge on any atom is -0.472 e. The van der Waals surface area contributed by atoms with E-state index in [0.29, 0.717) is 0 Å². The number of hydrogen-bond acceptors (Lipinski definition) is 11. The van der Waals surface area contributed by atoms with E-state index in [9.17, 15) is 35.4 Å². The van der Waals surface area contributed by atoms with Gasteiger partial charge in [0.15, 0.2) is 6.29 Å². The highest BCUT2D eigenvalue weighted by Gasteiger charge is 2.54. The molecule has 1 saturated heterocycles. The number of hydrogen-bond donors (Lipinski definition) is 6. The number of carbonyl (C=O) groups excluding carboxylic acids is 1. The summed E-state index contributed by atoms with van der Waals surface area (Å²) in [6.45, 7) is -0.919. The minimum absolute atomic E-state index is 0.101. The molecule has 0 aromatic carbocycles. The first-order valence-corrected chi connectivity index (χ1v) is 9.02. The molecule has 0 aromatic rings. The van der Waals surface area contributed by atoms with E-state index in [2.05, 4.69) is 0 Å². The largest absolute Gasteiger partial charge is 0.472 e. The van der Waals surface area contributed by atoms with Crippen LogP contribution in [0.5, 0.6) is 0 Å². The van der Waals surface area contributed by atoms with Gasteiger partial charge in [-0.2, -0.15) is 0 Å². The Hall–Kier alpha value is -1.31. The monoisotopic (exact) mass is 406 g/mol. The molecule has 11 nitrogen and oxygen atoms in total. The van der Waals surface area contributed by atoms with E-state index >= 15 is 0 Å². The average Bonchev–Trinajstić information content (AvgIpc) is 3.05. The number of esters is 1. The van der Waals surface area contributed by atoms with Crippen LogP contribution in [0.4, 0.5) is 0 Å². The van der Waals surface area contributed by atoms with E-state index in [-0.39, 0.29) is 18.6 Å². The van der Waals surface area contributed by atoms with Crippen LogP contribution in [0.25, 0.3) is 0 Å². The highest BCUT2D eigenvalue weighted by atomic mass is 16.8. The zero-order valence-electron chi connectivity index (χ0n) is 15.2. The van der Waals surface area contributed by atoms with Crippen molar-refractivity contribution >= 4 is 5.97 Å². The van der Waals surface area contributed by atoms with Gasteiger partial charge in [0.05, 0.1) is 31.7 Å². The van der Waals surface area contributed by atoms with Crippen molar-refractivity contribution in [3.8, 4) is 0 Å². The van der Waals surface area contributed by atoms with Crippen LogP contribution >= 0.6 is 0 Å². The lowest BCUT2D eigenvalue weighted by molar-refractivity contribution is -0.343. The quantitative estimate of drug-likeness (QED) is 0.254. The molecule has 28 heavy (non-hydrogen) atoms. The summed E-state index contributed by atoms with van der Waals surface area (Å²) in [6, 6.07) is 0. The van der Waals surface area contributed by atoms with Crippen molar-refractivity contribution in [3.05, 3.63) is 11.8 Å². The number of carbonyl (C=O) groups is 1. The van der Waals surface area contributed by atoms with Crippen LogP contribution in [0.3, 0.4) is 0 Å². The third-order valence-corrected chi connectivity index (χ3v) is 5.69. The van der Waals surface area contributed by atoms with Gasteiger partial charge >= 0.3 is 5.97 Å². The first-order chi connectivity index (χ1) is 13.3. The van der Waals surface area contributed by atoms with E-state index in [1.165, 1.54) is 7.11 Å². The lowest BCUT2D eigenvalue weighted by atomic mass is 9.82. The molecular weight excluding hydrogens is 380 g/mol. The predicted molar refractivity (Wildman–Crippen MR) is 88.0 cm³/mol. The summed E-state index contributed by atoms with van der Waals surface area (Å²) >= 11 is 0. The molecular formula is C17H26O11. The van der Waals surface area contributed by atoms with Gasteiger partial charge in [0.25, 0.3) is 0 Å². The SMILES string of the molecule is COC(=O)C1=COC(OC2OC(CO)C(O)C(O)C2O)C2C(CO)CC(O)C12. The van der Waals surface area contributed by atoms with Gasteiger partial charge in [0, 0.05) is 18.4 Å². The lowest BCUT2D eigenvalue weighted by Crippen LogP contribution is -2.60. The summed E-state index contributed by atoms with van der Waals surface area (Å²) < 4.78 is 21.2. The molecule has 2 heterocycles. The van der Waals surface area contributed by atoms with Crippen molar-refractivity contribution in [1.29, 1.82) is 0 Å². The summed E-state index contributed by atoms with van der Waals surface area (Å²) in [5.41, 5.74) is 0.101. The van der Waals surface area contributed by atoms with E-state index in [4.69, 9.17) is 18.9 Å². The minimum atomic E-state index is -1.63. The maximum atomic E-state index is 12.0. The molecule has 0 amide bonds. The number of aliphatic hydroxyl groups excluding tert-OH is 6. The molecule has 0 bridgehead atoms. The van der Waals surface area contributed by atoms with E-state index in [0.717, 1.165) is 6.26 Å². The number of rotatable bonds is 5. The number of aliphatic hydroxyl groups is 6. The molecule has 0 aromatic heterocycles. The molecule has 2 aliphatic heterocycles. The fraction of sp³-hybridized carbons (Fsp3) is 0.824. The normalized spacial score (nSPS) is 45.8. The van der Waals surface area contributed by atoms with E-state index < -0.39 is 73.4 Å². The van der Waals surface area contributed by atoms with Gasteiger partial charge in [-0.3, -0.25) is 0 Å². The van der Waals surface area contributed by atoms with Crippen molar-refractivity contribution < 1.29 is 54.4 Å². The zero-order valence-corrected chi connectivity index (χ0v) is 15.2. The summed E-state index contributed by atoms with van der Waals surface area (Å²) in [5.74, 6) is -2.54. The van der Waals surface area contributed by atoms with Crippen LogP contribution in [0, 0.1) is 17.8 Å². The third kappa shape index (κ3) is 3.64. The van der Waals surface area contributed by atoms with Gasteiger partial charge in [0.2, 0.25) is 6.29 Å².